The van der Waals surface area contributed by atoms with Crippen LogP contribution < -0.4 is 0 Å². The number of rotatable bonds is 26. The summed E-state index contributed by atoms with van der Waals surface area (Å²) in [5, 5.41) is 0. The second-order valence-corrected chi connectivity index (χ2v) is 25.0. The van der Waals surface area contributed by atoms with Gasteiger partial charge >= 0.3 is 0 Å². The van der Waals surface area contributed by atoms with Crippen molar-refractivity contribution in [3.05, 3.63) is 119 Å². The number of halogens is 4. The Morgan fingerprint density at radius 3 is 1.10 bits per heavy atom. The lowest BCUT2D eigenvalue weighted by atomic mass is 9.46. The zero-order valence-electron chi connectivity index (χ0n) is 45.9. The summed E-state index contributed by atoms with van der Waals surface area (Å²) in [4.78, 5) is 0. The first-order valence-corrected chi connectivity index (χ1v) is 30.9. The van der Waals surface area contributed by atoms with E-state index < -0.39 is 34.1 Å². The van der Waals surface area contributed by atoms with Gasteiger partial charge in [-0.05, 0) is 121 Å². The molecule has 0 saturated heterocycles. The number of hydrogen-bond donors (Lipinski definition) is 0. The van der Waals surface area contributed by atoms with Crippen LogP contribution in [0.15, 0.2) is 85.0 Å². The molecule has 0 amide bonds. The number of unbranched alkanes of at least 4 members (excludes halogenated alkanes) is 12. The summed E-state index contributed by atoms with van der Waals surface area (Å²) in [5.74, 6) is -0.237. The van der Waals surface area contributed by atoms with Crippen molar-refractivity contribution in [1.29, 1.82) is 0 Å². The van der Waals surface area contributed by atoms with Gasteiger partial charge in [-0.25, -0.2) is 17.6 Å². The van der Waals surface area contributed by atoms with Gasteiger partial charge in [0.25, 0.3) is 0 Å². The highest BCUT2D eigenvalue weighted by atomic mass is 19.2. The lowest BCUT2D eigenvalue weighted by Gasteiger charge is -2.57. The minimum atomic E-state index is -0.782. The molecule has 8 rings (SSSR count). The van der Waals surface area contributed by atoms with Crippen molar-refractivity contribution < 1.29 is 22.3 Å². The molecule has 2 aromatic carbocycles. The summed E-state index contributed by atoms with van der Waals surface area (Å²) in [6.07, 6.45) is 62.3. The summed E-state index contributed by atoms with van der Waals surface area (Å²) < 4.78 is 66.7. The van der Waals surface area contributed by atoms with E-state index in [2.05, 4.69) is 62.5 Å². The van der Waals surface area contributed by atoms with E-state index in [1.165, 1.54) is 217 Å². The van der Waals surface area contributed by atoms with Crippen LogP contribution in [-0.4, -0.2) is 13.2 Å². The largest absolute Gasteiger partial charge is 0.380 e. The molecule has 4 fully saturated rings. The standard InChI is InChI=1S/C68H98F4O/c1-3-5-7-9-11-13-17-23-53-25-29-57(30-26-53)65(41-19-15-20-42-65)67(59-33-35-61(69)63(71)49-59)45-37-55(38-46-67)51-73-52-56-39-47-68(48-40-56,60-34-36-62(70)64(72)50-60)66(43-21-16-22-44-66)58-31-27-54(28-32-58)24-18-14-12-10-8-6-4-2/h33-40,45-50,53-58H,3-32,41-44,51-52H2,1-2H3. The van der Waals surface area contributed by atoms with Crippen LogP contribution in [0.5, 0.6) is 0 Å². The van der Waals surface area contributed by atoms with Gasteiger partial charge in [-0.15, -0.1) is 0 Å². The topological polar surface area (TPSA) is 9.23 Å². The molecule has 0 spiro atoms. The first-order chi connectivity index (χ1) is 35.7. The van der Waals surface area contributed by atoms with Gasteiger partial charge in [-0.1, -0.05) is 242 Å². The molecule has 6 aliphatic carbocycles. The predicted octanol–water partition coefficient (Wildman–Crippen LogP) is 20.7. The van der Waals surface area contributed by atoms with E-state index in [0.29, 0.717) is 25.0 Å². The predicted molar refractivity (Wildman–Crippen MR) is 298 cm³/mol. The maximum Gasteiger partial charge on any atom is 0.159 e. The van der Waals surface area contributed by atoms with Crippen molar-refractivity contribution in [2.24, 2.45) is 46.3 Å². The second kappa shape index (κ2) is 27.4. The first-order valence-electron chi connectivity index (χ1n) is 30.9. The molecule has 5 heteroatoms. The minimum Gasteiger partial charge on any atom is -0.380 e. The Morgan fingerprint density at radius 2 is 0.753 bits per heavy atom. The molecule has 0 heterocycles. The SMILES string of the molecule is CCCCCCCCCC1CCC(C2(C3(c4ccc(F)c(F)c4)C=CC(COCC4C=CC(c5ccc(F)c(F)c5)(C5(C6CCC(CCCCCCCCC)CC6)CCCCC5)C=C4)C=C3)CCCCC2)CC1. The normalized spacial score (nSPS) is 29.9. The van der Waals surface area contributed by atoms with Crippen LogP contribution in [0.3, 0.4) is 0 Å². The van der Waals surface area contributed by atoms with Gasteiger partial charge in [0.2, 0.25) is 0 Å². The van der Waals surface area contributed by atoms with Gasteiger partial charge in [0.1, 0.15) is 0 Å². The molecule has 6 aliphatic rings. The summed E-state index contributed by atoms with van der Waals surface area (Å²) in [6, 6.07) is 9.46. The number of ether oxygens (including phenoxy) is 1. The van der Waals surface area contributed by atoms with E-state index in [1.807, 2.05) is 12.1 Å². The molecule has 0 radical (unpaired) electrons. The molecular weight excluding hydrogens is 909 g/mol. The van der Waals surface area contributed by atoms with Crippen molar-refractivity contribution in [2.75, 3.05) is 13.2 Å². The van der Waals surface area contributed by atoms with Crippen molar-refractivity contribution in [3.8, 4) is 0 Å². The molecule has 404 valence electrons. The highest BCUT2D eigenvalue weighted by molar-refractivity contribution is 5.46. The molecule has 0 aliphatic heterocycles. The van der Waals surface area contributed by atoms with E-state index >= 15 is 8.78 Å². The van der Waals surface area contributed by atoms with E-state index in [4.69, 9.17) is 4.74 Å². The quantitative estimate of drug-likeness (QED) is 0.0518. The summed E-state index contributed by atoms with van der Waals surface area (Å²) in [7, 11) is 0. The van der Waals surface area contributed by atoms with Crippen molar-refractivity contribution in [3.63, 3.8) is 0 Å². The zero-order valence-corrected chi connectivity index (χ0v) is 45.9. The maximum atomic E-state index is 15.4. The average molecular weight is 1010 g/mol. The van der Waals surface area contributed by atoms with Gasteiger partial charge in [-0.2, -0.15) is 0 Å². The third kappa shape index (κ3) is 13.3. The third-order valence-electron chi connectivity index (χ3n) is 20.7. The average Bonchev–Trinajstić information content (AvgIpc) is 3.43. The molecule has 2 aromatic rings. The summed E-state index contributed by atoms with van der Waals surface area (Å²) >= 11 is 0. The van der Waals surface area contributed by atoms with Crippen molar-refractivity contribution >= 4 is 0 Å². The summed E-state index contributed by atoms with van der Waals surface area (Å²) in [5.41, 5.74) is 0.680. The Hall–Kier alpha value is -2.92. The lowest BCUT2D eigenvalue weighted by Crippen LogP contribution is -2.51. The molecule has 73 heavy (non-hydrogen) atoms. The Morgan fingerprint density at radius 1 is 0.411 bits per heavy atom. The molecule has 1 nitrogen and oxygen atoms in total. The molecule has 0 unspecified atom stereocenters. The van der Waals surface area contributed by atoms with Crippen LogP contribution in [-0.2, 0) is 15.6 Å². The molecule has 4 saturated carbocycles. The molecule has 0 atom stereocenters. The lowest BCUT2D eigenvalue weighted by molar-refractivity contribution is 0.00994. The fourth-order valence-corrected chi connectivity index (χ4v) is 16.5. The van der Waals surface area contributed by atoms with Crippen LogP contribution in [0.4, 0.5) is 17.6 Å². The van der Waals surface area contributed by atoms with E-state index in [-0.39, 0.29) is 22.7 Å². The Bertz CT molecular complexity index is 1910. The summed E-state index contributed by atoms with van der Waals surface area (Å²) in [6.45, 7) is 5.65. The van der Waals surface area contributed by atoms with Gasteiger partial charge < -0.3 is 4.74 Å². The molecule has 0 bridgehead atoms. The zero-order chi connectivity index (χ0) is 51.0. The van der Waals surface area contributed by atoms with E-state index in [9.17, 15) is 8.78 Å². The van der Waals surface area contributed by atoms with Crippen LogP contribution in [0.1, 0.15) is 243 Å². The van der Waals surface area contributed by atoms with Crippen LogP contribution in [0.25, 0.3) is 0 Å². The van der Waals surface area contributed by atoms with Gasteiger partial charge in [0.05, 0.1) is 13.2 Å². The van der Waals surface area contributed by atoms with Gasteiger partial charge in [-0.3, -0.25) is 0 Å². The Balaban J connectivity index is 0.935. The fourth-order valence-electron chi connectivity index (χ4n) is 16.5. The second-order valence-electron chi connectivity index (χ2n) is 25.0. The van der Waals surface area contributed by atoms with Crippen LogP contribution in [0, 0.1) is 69.6 Å². The Labute approximate surface area is 442 Å². The van der Waals surface area contributed by atoms with E-state index in [1.54, 1.807) is 0 Å². The maximum absolute atomic E-state index is 15.4. The highest BCUT2D eigenvalue weighted by Gasteiger charge is 2.56. The monoisotopic (exact) mass is 1010 g/mol. The fraction of sp³-hybridized carbons (Fsp3) is 0.706. The highest BCUT2D eigenvalue weighted by Crippen LogP contribution is 2.63. The van der Waals surface area contributed by atoms with Gasteiger partial charge in [0, 0.05) is 22.7 Å². The number of hydrogen-bond acceptors (Lipinski definition) is 1. The number of benzene rings is 2. The smallest absolute Gasteiger partial charge is 0.159 e. The minimum absolute atomic E-state index is 0.0432. The molecule has 0 aromatic heterocycles. The Kier molecular flexibility index (Phi) is 21.1. The molecular formula is C68H98F4O. The van der Waals surface area contributed by atoms with Crippen LogP contribution in [0.2, 0.25) is 0 Å². The molecule has 0 N–H and O–H groups in total. The van der Waals surface area contributed by atoms with Crippen molar-refractivity contribution in [2.45, 2.75) is 243 Å². The number of allylic oxidation sites excluding steroid dienone is 4. The van der Waals surface area contributed by atoms with Crippen molar-refractivity contribution in [1.82, 2.24) is 0 Å². The third-order valence-corrected chi connectivity index (χ3v) is 20.7. The van der Waals surface area contributed by atoms with Gasteiger partial charge in [0.15, 0.2) is 23.3 Å². The first kappa shape index (κ1) is 56.3. The van der Waals surface area contributed by atoms with Crippen LogP contribution >= 0.6 is 0 Å². The van der Waals surface area contributed by atoms with E-state index in [0.717, 1.165) is 48.6 Å².